The number of aromatic nitrogens is 2. The van der Waals surface area contributed by atoms with Gasteiger partial charge in [-0.15, -0.1) is 0 Å². The molecule has 7 nitrogen and oxygen atoms in total. The van der Waals surface area contributed by atoms with Crippen molar-refractivity contribution in [3.8, 4) is 0 Å². The van der Waals surface area contributed by atoms with Gasteiger partial charge in [-0.05, 0) is 24.3 Å². The van der Waals surface area contributed by atoms with Crippen LogP contribution >= 0.6 is 23.4 Å². The van der Waals surface area contributed by atoms with Crippen molar-refractivity contribution in [3.63, 3.8) is 0 Å². The van der Waals surface area contributed by atoms with Crippen molar-refractivity contribution in [2.75, 3.05) is 17.3 Å². The van der Waals surface area contributed by atoms with Crippen LogP contribution in [-0.4, -0.2) is 52.5 Å². The molecule has 1 saturated heterocycles. The van der Waals surface area contributed by atoms with Crippen molar-refractivity contribution in [1.82, 2.24) is 14.9 Å². The van der Waals surface area contributed by atoms with Gasteiger partial charge in [-0.2, -0.15) is 0 Å². The Labute approximate surface area is 161 Å². The number of furan rings is 1. The second-order valence-corrected chi connectivity index (χ2v) is 9.72. The standard InChI is InChI=1S/C16H18ClN3O4S2/c1-2-25-16-18-8-13(17)14(19-16)15(21)20(9-12-4-3-6-24-12)11-5-7-26(22,23)10-11/h3-4,6,8,11H,2,5,7,9-10H2,1H3/t11-/m1/s1. The number of hydrogen-bond donors (Lipinski definition) is 0. The molecular weight excluding hydrogens is 398 g/mol. The number of carbonyl (C=O) groups is 1. The fraction of sp³-hybridized carbons (Fsp3) is 0.438. The van der Waals surface area contributed by atoms with Crippen molar-refractivity contribution in [3.05, 3.63) is 41.1 Å². The highest BCUT2D eigenvalue weighted by Gasteiger charge is 2.36. The molecule has 2 aromatic rings. The van der Waals surface area contributed by atoms with Crippen molar-refractivity contribution in [1.29, 1.82) is 0 Å². The molecule has 0 spiro atoms. The lowest BCUT2D eigenvalue weighted by Gasteiger charge is -2.27. The van der Waals surface area contributed by atoms with E-state index in [1.165, 1.54) is 29.1 Å². The molecule has 0 aromatic carbocycles. The van der Waals surface area contributed by atoms with Crippen molar-refractivity contribution in [2.45, 2.75) is 31.1 Å². The first kappa shape index (κ1) is 19.2. The molecule has 10 heteroatoms. The van der Waals surface area contributed by atoms with E-state index in [-0.39, 0.29) is 28.8 Å². The number of hydrogen-bond acceptors (Lipinski definition) is 7. The number of nitrogens with zero attached hydrogens (tertiary/aromatic N) is 3. The summed E-state index contributed by atoms with van der Waals surface area (Å²) in [5, 5.41) is 0.595. The molecule has 1 fully saturated rings. The van der Waals surface area contributed by atoms with Crippen LogP contribution in [0.1, 0.15) is 29.6 Å². The molecule has 0 saturated carbocycles. The predicted octanol–water partition coefficient (Wildman–Crippen LogP) is 2.66. The van der Waals surface area contributed by atoms with Gasteiger partial charge in [0, 0.05) is 6.04 Å². The summed E-state index contributed by atoms with van der Waals surface area (Å²) < 4.78 is 29.1. The zero-order valence-electron chi connectivity index (χ0n) is 14.1. The fourth-order valence-corrected chi connectivity index (χ4v) is 5.24. The van der Waals surface area contributed by atoms with Crippen LogP contribution in [0, 0.1) is 0 Å². The lowest BCUT2D eigenvalue weighted by atomic mass is 10.2. The summed E-state index contributed by atoms with van der Waals surface area (Å²) in [5.41, 5.74) is 0.0773. The van der Waals surface area contributed by atoms with Crippen LogP contribution in [0.5, 0.6) is 0 Å². The summed E-state index contributed by atoms with van der Waals surface area (Å²) >= 11 is 7.56. The molecule has 1 atom stereocenters. The predicted molar refractivity (Wildman–Crippen MR) is 99.1 cm³/mol. The van der Waals surface area contributed by atoms with Gasteiger partial charge in [0.2, 0.25) is 0 Å². The van der Waals surface area contributed by atoms with E-state index in [1.54, 1.807) is 12.1 Å². The zero-order chi connectivity index (χ0) is 18.7. The van der Waals surface area contributed by atoms with Crippen molar-refractivity contribution < 1.29 is 17.6 Å². The number of carbonyl (C=O) groups excluding carboxylic acids is 1. The quantitative estimate of drug-likeness (QED) is 0.528. The number of amides is 1. The zero-order valence-corrected chi connectivity index (χ0v) is 16.5. The molecule has 0 aliphatic carbocycles. The summed E-state index contributed by atoms with van der Waals surface area (Å²) in [4.78, 5) is 23.0. The molecule has 0 bridgehead atoms. The lowest BCUT2D eigenvalue weighted by molar-refractivity contribution is 0.0659. The van der Waals surface area contributed by atoms with Crippen LogP contribution in [0.25, 0.3) is 0 Å². The van der Waals surface area contributed by atoms with E-state index in [1.807, 2.05) is 6.92 Å². The van der Waals surface area contributed by atoms with Crippen molar-refractivity contribution in [2.24, 2.45) is 0 Å². The highest BCUT2D eigenvalue weighted by molar-refractivity contribution is 7.99. The van der Waals surface area contributed by atoms with Crippen LogP contribution < -0.4 is 0 Å². The van der Waals surface area contributed by atoms with Crippen LogP contribution in [0.3, 0.4) is 0 Å². The Kier molecular flexibility index (Phi) is 5.89. The Morgan fingerprint density at radius 3 is 2.92 bits per heavy atom. The van der Waals surface area contributed by atoms with Crippen LogP contribution in [0.15, 0.2) is 34.2 Å². The second kappa shape index (κ2) is 7.98. The Hall–Kier alpha value is -1.58. The number of rotatable bonds is 6. The van der Waals surface area contributed by atoms with Gasteiger partial charge >= 0.3 is 0 Å². The summed E-state index contributed by atoms with van der Waals surface area (Å²) in [7, 11) is -3.16. The molecule has 1 aliphatic rings. The Balaban J connectivity index is 1.93. The molecule has 3 rings (SSSR count). The molecule has 1 aliphatic heterocycles. The van der Waals surface area contributed by atoms with Gasteiger partial charge in [0.15, 0.2) is 20.7 Å². The first-order chi connectivity index (χ1) is 12.4. The third-order valence-electron chi connectivity index (χ3n) is 4.01. The van der Waals surface area contributed by atoms with Crippen LogP contribution in [0.2, 0.25) is 5.02 Å². The highest BCUT2D eigenvalue weighted by atomic mass is 35.5. The SMILES string of the molecule is CCSc1ncc(Cl)c(C(=O)N(Cc2ccco2)[C@@H]2CCS(=O)(=O)C2)n1. The van der Waals surface area contributed by atoms with E-state index in [0.717, 1.165) is 5.75 Å². The Morgan fingerprint density at radius 1 is 1.50 bits per heavy atom. The number of sulfone groups is 1. The molecule has 140 valence electrons. The largest absolute Gasteiger partial charge is 0.467 e. The average molecular weight is 416 g/mol. The molecule has 3 heterocycles. The maximum atomic E-state index is 13.2. The summed E-state index contributed by atoms with van der Waals surface area (Å²) in [5.74, 6) is 0.892. The van der Waals surface area contributed by atoms with E-state index in [0.29, 0.717) is 17.3 Å². The second-order valence-electron chi connectivity index (χ2n) is 5.85. The van der Waals surface area contributed by atoms with Gasteiger partial charge in [0.05, 0.1) is 35.5 Å². The van der Waals surface area contributed by atoms with Gasteiger partial charge in [-0.25, -0.2) is 18.4 Å². The molecular formula is C16H18ClN3O4S2. The third-order valence-corrected chi connectivity index (χ3v) is 6.78. The first-order valence-corrected chi connectivity index (χ1v) is 11.3. The smallest absolute Gasteiger partial charge is 0.274 e. The average Bonchev–Trinajstić information content (AvgIpc) is 3.23. The molecule has 1 amide bonds. The van der Waals surface area contributed by atoms with E-state index < -0.39 is 21.8 Å². The molecule has 0 N–H and O–H groups in total. The summed E-state index contributed by atoms with van der Waals surface area (Å²) in [6, 6.07) is 3.02. The van der Waals surface area contributed by atoms with E-state index in [2.05, 4.69) is 9.97 Å². The van der Waals surface area contributed by atoms with Gasteiger partial charge in [0.25, 0.3) is 5.91 Å². The topological polar surface area (TPSA) is 93.4 Å². The molecule has 26 heavy (non-hydrogen) atoms. The highest BCUT2D eigenvalue weighted by Crippen LogP contribution is 2.25. The van der Waals surface area contributed by atoms with Gasteiger partial charge in [0.1, 0.15) is 5.76 Å². The number of thioether (sulfide) groups is 1. The molecule has 2 aromatic heterocycles. The van der Waals surface area contributed by atoms with Gasteiger partial charge in [-0.3, -0.25) is 4.79 Å². The molecule has 0 unspecified atom stereocenters. The van der Waals surface area contributed by atoms with Crippen LogP contribution in [-0.2, 0) is 16.4 Å². The van der Waals surface area contributed by atoms with Gasteiger partial charge in [-0.1, -0.05) is 30.3 Å². The van der Waals surface area contributed by atoms with E-state index in [4.69, 9.17) is 16.0 Å². The molecule has 0 radical (unpaired) electrons. The summed E-state index contributed by atoms with van der Waals surface area (Å²) in [6.45, 7) is 2.11. The monoisotopic (exact) mass is 415 g/mol. The minimum atomic E-state index is -3.16. The van der Waals surface area contributed by atoms with E-state index >= 15 is 0 Å². The first-order valence-electron chi connectivity index (χ1n) is 8.08. The minimum Gasteiger partial charge on any atom is -0.467 e. The normalized spacial score (nSPS) is 18.8. The van der Waals surface area contributed by atoms with Crippen molar-refractivity contribution >= 4 is 39.1 Å². The summed E-state index contributed by atoms with van der Waals surface area (Å²) in [6.07, 6.45) is 3.29. The Morgan fingerprint density at radius 2 is 2.31 bits per heavy atom. The maximum Gasteiger partial charge on any atom is 0.274 e. The van der Waals surface area contributed by atoms with Crippen LogP contribution in [0.4, 0.5) is 0 Å². The lowest BCUT2D eigenvalue weighted by Crippen LogP contribution is -2.41. The number of halogens is 1. The Bertz CT molecular complexity index is 887. The van der Waals surface area contributed by atoms with Gasteiger partial charge < -0.3 is 9.32 Å². The third kappa shape index (κ3) is 4.39. The van der Waals surface area contributed by atoms with E-state index in [9.17, 15) is 13.2 Å². The minimum absolute atomic E-state index is 0.0635. The maximum absolute atomic E-state index is 13.2. The fourth-order valence-electron chi connectivity index (χ4n) is 2.79.